The molecule has 0 aliphatic heterocycles. The van der Waals surface area contributed by atoms with Gasteiger partial charge in [-0.15, -0.1) is 0 Å². The first-order valence-electron chi connectivity index (χ1n) is 13.2. The summed E-state index contributed by atoms with van der Waals surface area (Å²) in [5.74, 6) is -0.368. The molecule has 1 atom stereocenters. The van der Waals surface area contributed by atoms with Gasteiger partial charge < -0.3 is 15.0 Å². The van der Waals surface area contributed by atoms with Crippen molar-refractivity contribution in [2.45, 2.75) is 64.6 Å². The average Bonchev–Trinajstić information content (AvgIpc) is 2.89. The lowest BCUT2D eigenvalue weighted by Crippen LogP contribution is -2.54. The molecule has 220 valence electrons. The molecule has 0 aliphatic carbocycles. The number of hydrogen-bond donors (Lipinski definition) is 1. The lowest BCUT2D eigenvalue weighted by atomic mass is 10.1. The van der Waals surface area contributed by atoms with E-state index in [1.807, 2.05) is 58.9 Å². The van der Waals surface area contributed by atoms with Gasteiger partial charge in [-0.05, 0) is 93.4 Å². The van der Waals surface area contributed by atoms with Crippen molar-refractivity contribution in [1.29, 1.82) is 0 Å². The molecule has 0 fully saturated rings. The van der Waals surface area contributed by atoms with Gasteiger partial charge in [-0.1, -0.05) is 47.5 Å². The van der Waals surface area contributed by atoms with Gasteiger partial charge in [-0.25, -0.2) is 8.42 Å². The van der Waals surface area contributed by atoms with Gasteiger partial charge in [0.1, 0.15) is 18.3 Å². The first-order chi connectivity index (χ1) is 19.1. The highest BCUT2D eigenvalue weighted by Gasteiger charge is 2.33. The van der Waals surface area contributed by atoms with Crippen molar-refractivity contribution >= 4 is 43.5 Å². The minimum Gasteiger partial charge on any atom is -0.496 e. The van der Waals surface area contributed by atoms with Crippen LogP contribution in [0.15, 0.2) is 76.1 Å². The van der Waals surface area contributed by atoms with Crippen LogP contribution in [0.2, 0.25) is 0 Å². The Balaban J connectivity index is 2.06. The first kappa shape index (κ1) is 32.1. The zero-order chi connectivity index (χ0) is 30.5. The maximum atomic E-state index is 14.1. The fourth-order valence-electron chi connectivity index (χ4n) is 4.24. The van der Waals surface area contributed by atoms with Crippen LogP contribution in [-0.4, -0.2) is 50.4 Å². The van der Waals surface area contributed by atoms with Crippen LogP contribution in [0.4, 0.5) is 5.69 Å². The van der Waals surface area contributed by atoms with Crippen LogP contribution in [0.25, 0.3) is 0 Å². The standard InChI is InChI=1S/C31H38BrN3O5S/c1-21-11-13-25(14-12-21)35(41(38,39)26-15-16-28(40-7)27(32)18-26)20-29(36)34(19-24-10-8-9-22(2)17-24)23(3)30(37)33-31(4,5)6/h8-18,23H,19-20H2,1-7H3,(H,33,37)/t23-/m1/s1. The van der Waals surface area contributed by atoms with E-state index in [0.29, 0.717) is 15.9 Å². The summed E-state index contributed by atoms with van der Waals surface area (Å²) in [6.45, 7) is 10.7. The second-order valence-electron chi connectivity index (χ2n) is 11.1. The van der Waals surface area contributed by atoms with Crippen molar-refractivity contribution in [3.63, 3.8) is 0 Å². The normalized spacial score (nSPS) is 12.4. The van der Waals surface area contributed by atoms with Crippen molar-refractivity contribution in [3.8, 4) is 5.75 Å². The number of hydrogen-bond acceptors (Lipinski definition) is 5. The summed E-state index contributed by atoms with van der Waals surface area (Å²) in [4.78, 5) is 28.7. The fourth-order valence-corrected chi connectivity index (χ4v) is 6.37. The molecule has 1 N–H and O–H groups in total. The number of carbonyl (C=O) groups excluding carboxylic acids is 2. The number of nitrogens with one attached hydrogen (secondary N) is 1. The molecule has 0 saturated carbocycles. The number of benzene rings is 3. The van der Waals surface area contributed by atoms with Gasteiger partial charge in [0.2, 0.25) is 11.8 Å². The van der Waals surface area contributed by atoms with E-state index < -0.39 is 34.1 Å². The maximum Gasteiger partial charge on any atom is 0.264 e. The molecule has 3 aromatic carbocycles. The number of carbonyl (C=O) groups is 2. The Kier molecular flexibility index (Phi) is 10.3. The summed E-state index contributed by atoms with van der Waals surface area (Å²) in [5, 5.41) is 2.93. The molecule has 0 unspecified atom stereocenters. The van der Waals surface area contributed by atoms with E-state index in [1.54, 1.807) is 37.3 Å². The number of sulfonamides is 1. The third-order valence-electron chi connectivity index (χ3n) is 6.41. The molecule has 10 heteroatoms. The Morgan fingerprint density at radius 1 is 0.976 bits per heavy atom. The number of aryl methyl sites for hydroxylation is 2. The smallest absolute Gasteiger partial charge is 0.264 e. The Morgan fingerprint density at radius 2 is 1.63 bits per heavy atom. The van der Waals surface area contributed by atoms with Gasteiger partial charge in [-0.3, -0.25) is 13.9 Å². The number of halogens is 1. The van der Waals surface area contributed by atoms with Crippen molar-refractivity contribution in [2.75, 3.05) is 18.0 Å². The number of methoxy groups -OCH3 is 1. The number of ether oxygens (including phenoxy) is 1. The first-order valence-corrected chi connectivity index (χ1v) is 15.5. The van der Waals surface area contributed by atoms with Gasteiger partial charge in [0.25, 0.3) is 10.0 Å². The summed E-state index contributed by atoms with van der Waals surface area (Å²) >= 11 is 3.36. The molecule has 8 nitrogen and oxygen atoms in total. The molecule has 3 rings (SSSR count). The van der Waals surface area contributed by atoms with Crippen molar-refractivity contribution in [2.24, 2.45) is 0 Å². The van der Waals surface area contributed by atoms with Gasteiger partial charge in [0.05, 0.1) is 22.2 Å². The zero-order valence-corrected chi connectivity index (χ0v) is 27.0. The summed E-state index contributed by atoms with van der Waals surface area (Å²) in [6.07, 6.45) is 0. The summed E-state index contributed by atoms with van der Waals surface area (Å²) in [7, 11) is -2.71. The summed E-state index contributed by atoms with van der Waals surface area (Å²) in [6, 6.07) is 18.1. The van der Waals surface area contributed by atoms with E-state index in [-0.39, 0.29) is 17.3 Å². The molecular formula is C31H38BrN3O5S. The minimum atomic E-state index is -4.20. The van der Waals surface area contributed by atoms with Crippen LogP contribution >= 0.6 is 15.9 Å². The lowest BCUT2D eigenvalue weighted by molar-refractivity contribution is -0.140. The molecule has 0 heterocycles. The third-order valence-corrected chi connectivity index (χ3v) is 8.80. The highest BCUT2D eigenvalue weighted by atomic mass is 79.9. The quantitative estimate of drug-likeness (QED) is 0.310. The van der Waals surface area contributed by atoms with Gasteiger partial charge >= 0.3 is 0 Å². The number of nitrogens with zero attached hydrogens (tertiary/aromatic N) is 2. The summed E-state index contributed by atoms with van der Waals surface area (Å²) in [5.41, 5.74) is 2.60. The predicted molar refractivity (Wildman–Crippen MR) is 165 cm³/mol. The van der Waals surface area contributed by atoms with Crippen LogP contribution < -0.4 is 14.4 Å². The van der Waals surface area contributed by atoms with E-state index in [4.69, 9.17) is 4.74 Å². The van der Waals surface area contributed by atoms with Crippen molar-refractivity contribution in [3.05, 3.63) is 87.9 Å². The van der Waals surface area contributed by atoms with E-state index in [2.05, 4.69) is 21.2 Å². The lowest BCUT2D eigenvalue weighted by Gasteiger charge is -2.33. The van der Waals surface area contributed by atoms with Crippen molar-refractivity contribution < 1.29 is 22.7 Å². The molecule has 0 bridgehead atoms. The van der Waals surface area contributed by atoms with E-state index in [0.717, 1.165) is 21.0 Å². The topological polar surface area (TPSA) is 96.0 Å². The molecular weight excluding hydrogens is 606 g/mol. The molecule has 0 radical (unpaired) electrons. The minimum absolute atomic E-state index is 0.0118. The Labute approximate surface area is 251 Å². The molecule has 41 heavy (non-hydrogen) atoms. The zero-order valence-electron chi connectivity index (χ0n) is 24.6. The predicted octanol–water partition coefficient (Wildman–Crippen LogP) is 5.60. The number of amides is 2. The third kappa shape index (κ3) is 8.33. The van der Waals surface area contributed by atoms with Crippen LogP contribution in [0.1, 0.15) is 44.4 Å². The fraction of sp³-hybridized carbons (Fsp3) is 0.355. The second-order valence-corrected chi connectivity index (χ2v) is 13.8. The largest absolute Gasteiger partial charge is 0.496 e. The Morgan fingerprint density at radius 3 is 2.20 bits per heavy atom. The van der Waals surface area contributed by atoms with E-state index >= 15 is 0 Å². The number of rotatable bonds is 10. The van der Waals surface area contributed by atoms with Gasteiger partial charge in [0, 0.05) is 12.1 Å². The van der Waals surface area contributed by atoms with Crippen LogP contribution in [-0.2, 0) is 26.2 Å². The molecule has 0 saturated heterocycles. The van der Waals surface area contributed by atoms with E-state index in [9.17, 15) is 18.0 Å². The molecule has 0 aliphatic rings. The molecule has 2 amide bonds. The van der Waals surface area contributed by atoms with Gasteiger partial charge in [0.15, 0.2) is 0 Å². The second kappa shape index (κ2) is 13.1. The average molecular weight is 645 g/mol. The Hall–Kier alpha value is -3.37. The monoisotopic (exact) mass is 643 g/mol. The Bertz CT molecular complexity index is 1500. The SMILES string of the molecule is COc1ccc(S(=O)(=O)N(CC(=O)N(Cc2cccc(C)c2)[C@H](C)C(=O)NC(C)(C)C)c2ccc(C)cc2)cc1Br. The van der Waals surface area contributed by atoms with Crippen LogP contribution in [0.3, 0.4) is 0 Å². The van der Waals surface area contributed by atoms with Crippen LogP contribution in [0, 0.1) is 13.8 Å². The molecule has 0 spiro atoms. The molecule has 3 aromatic rings. The number of anilines is 1. The highest BCUT2D eigenvalue weighted by Crippen LogP contribution is 2.31. The maximum absolute atomic E-state index is 14.1. The summed E-state index contributed by atoms with van der Waals surface area (Å²) < 4.78 is 34.9. The van der Waals surface area contributed by atoms with Crippen molar-refractivity contribution in [1.82, 2.24) is 10.2 Å². The van der Waals surface area contributed by atoms with E-state index in [1.165, 1.54) is 24.1 Å². The highest BCUT2D eigenvalue weighted by molar-refractivity contribution is 9.10. The van der Waals surface area contributed by atoms with Gasteiger partial charge in [-0.2, -0.15) is 0 Å². The van der Waals surface area contributed by atoms with Crippen LogP contribution in [0.5, 0.6) is 5.75 Å². The molecule has 0 aromatic heterocycles.